The molecule has 0 radical (unpaired) electrons. The van der Waals surface area contributed by atoms with E-state index in [1.54, 1.807) is 43.3 Å². The van der Waals surface area contributed by atoms with Crippen molar-refractivity contribution in [3.8, 4) is 17.3 Å². The van der Waals surface area contributed by atoms with Crippen molar-refractivity contribution in [2.24, 2.45) is 0 Å². The smallest absolute Gasteiger partial charge is 0.342 e. The molecule has 7 nitrogen and oxygen atoms in total. The highest BCUT2D eigenvalue weighted by Crippen LogP contribution is 2.31. The van der Waals surface area contributed by atoms with E-state index in [4.69, 9.17) is 8.92 Å². The SMILES string of the molecule is CCOC(=O)c1c(-c2ccccc2)nc(OS(=O)(=O)c2ccc(C)cc2)nc1C(C)C. The van der Waals surface area contributed by atoms with Crippen LogP contribution in [0.25, 0.3) is 11.3 Å². The minimum Gasteiger partial charge on any atom is -0.462 e. The molecular formula is C23H24N2O5S. The van der Waals surface area contributed by atoms with Crippen molar-refractivity contribution in [1.29, 1.82) is 0 Å². The molecule has 2 aromatic carbocycles. The van der Waals surface area contributed by atoms with Crippen molar-refractivity contribution < 1.29 is 22.1 Å². The molecular weight excluding hydrogens is 416 g/mol. The molecule has 1 heterocycles. The van der Waals surface area contributed by atoms with Crippen LogP contribution in [-0.2, 0) is 14.9 Å². The maximum atomic E-state index is 12.8. The van der Waals surface area contributed by atoms with E-state index in [1.807, 2.05) is 26.8 Å². The molecule has 0 saturated heterocycles. The van der Waals surface area contributed by atoms with E-state index < -0.39 is 16.1 Å². The van der Waals surface area contributed by atoms with Gasteiger partial charge in [0.1, 0.15) is 10.5 Å². The first-order valence-corrected chi connectivity index (χ1v) is 11.3. The summed E-state index contributed by atoms with van der Waals surface area (Å²) in [4.78, 5) is 21.3. The second kappa shape index (κ2) is 9.26. The van der Waals surface area contributed by atoms with Gasteiger partial charge in [0, 0.05) is 5.56 Å². The fourth-order valence-electron chi connectivity index (χ4n) is 2.97. The Balaban J connectivity index is 2.17. The molecule has 0 unspecified atom stereocenters. The Bertz CT molecular complexity index is 1170. The first-order chi connectivity index (χ1) is 14.7. The largest absolute Gasteiger partial charge is 0.462 e. The Kier molecular flexibility index (Phi) is 6.70. The van der Waals surface area contributed by atoms with Gasteiger partial charge in [-0.25, -0.2) is 4.79 Å². The van der Waals surface area contributed by atoms with Gasteiger partial charge in [0.25, 0.3) is 0 Å². The van der Waals surface area contributed by atoms with Crippen LogP contribution in [0, 0.1) is 6.92 Å². The molecule has 8 heteroatoms. The number of aromatic nitrogens is 2. The molecule has 0 aliphatic carbocycles. The first kappa shape index (κ1) is 22.4. The molecule has 3 rings (SSSR count). The van der Waals surface area contributed by atoms with Crippen molar-refractivity contribution >= 4 is 16.1 Å². The van der Waals surface area contributed by atoms with Gasteiger partial charge in [-0.3, -0.25) is 0 Å². The molecule has 162 valence electrons. The molecule has 31 heavy (non-hydrogen) atoms. The van der Waals surface area contributed by atoms with E-state index in [9.17, 15) is 13.2 Å². The van der Waals surface area contributed by atoms with Crippen molar-refractivity contribution in [2.45, 2.75) is 38.5 Å². The molecule has 0 aliphatic heterocycles. The van der Waals surface area contributed by atoms with Crippen molar-refractivity contribution in [1.82, 2.24) is 9.97 Å². The highest BCUT2D eigenvalue weighted by Gasteiger charge is 2.27. The van der Waals surface area contributed by atoms with E-state index in [-0.39, 0.29) is 34.7 Å². The molecule has 0 fully saturated rings. The summed E-state index contributed by atoms with van der Waals surface area (Å²) in [6, 6.07) is 14.9. The van der Waals surface area contributed by atoms with E-state index in [1.165, 1.54) is 12.1 Å². The van der Waals surface area contributed by atoms with Gasteiger partial charge >= 0.3 is 22.1 Å². The van der Waals surface area contributed by atoms with Crippen LogP contribution in [0.15, 0.2) is 59.5 Å². The fraction of sp³-hybridized carbons (Fsp3) is 0.261. The van der Waals surface area contributed by atoms with Crippen LogP contribution in [0.1, 0.15) is 48.3 Å². The Labute approximate surface area is 182 Å². The van der Waals surface area contributed by atoms with Crippen molar-refractivity contribution in [2.75, 3.05) is 6.61 Å². The first-order valence-electron chi connectivity index (χ1n) is 9.88. The van der Waals surface area contributed by atoms with Crippen LogP contribution in [-0.4, -0.2) is 31.0 Å². The number of aryl methyl sites for hydroxylation is 1. The summed E-state index contributed by atoms with van der Waals surface area (Å²) >= 11 is 0. The molecule has 0 amide bonds. The van der Waals surface area contributed by atoms with Crippen LogP contribution in [0.3, 0.4) is 0 Å². The molecule has 0 saturated carbocycles. The third kappa shape index (κ3) is 5.08. The predicted octanol–water partition coefficient (Wildman–Crippen LogP) is 4.52. The number of rotatable bonds is 7. The molecule has 0 bridgehead atoms. The van der Waals surface area contributed by atoms with Gasteiger partial charge in [0.2, 0.25) is 0 Å². The minimum atomic E-state index is -4.16. The lowest BCUT2D eigenvalue weighted by atomic mass is 9.98. The standard InChI is InChI=1S/C23H24N2O5S/c1-5-29-22(26)19-20(15(2)3)24-23(25-21(19)17-9-7-6-8-10-17)30-31(27,28)18-13-11-16(4)12-14-18/h6-15H,5H2,1-4H3. The second-order valence-corrected chi connectivity index (χ2v) is 8.75. The van der Waals surface area contributed by atoms with Gasteiger partial charge in [0.15, 0.2) is 0 Å². The highest BCUT2D eigenvalue weighted by molar-refractivity contribution is 7.87. The van der Waals surface area contributed by atoms with Crippen LogP contribution >= 0.6 is 0 Å². The zero-order chi connectivity index (χ0) is 22.6. The number of esters is 1. The molecule has 0 N–H and O–H groups in total. The van der Waals surface area contributed by atoms with Crippen LogP contribution < -0.4 is 4.18 Å². The van der Waals surface area contributed by atoms with Gasteiger partial charge in [-0.2, -0.15) is 18.4 Å². The number of benzene rings is 2. The summed E-state index contributed by atoms with van der Waals surface area (Å²) in [7, 11) is -4.16. The number of hydrogen-bond donors (Lipinski definition) is 0. The Morgan fingerprint density at radius 3 is 2.23 bits per heavy atom. The summed E-state index contributed by atoms with van der Waals surface area (Å²) in [5, 5.41) is 0. The van der Waals surface area contributed by atoms with E-state index in [2.05, 4.69) is 9.97 Å². The van der Waals surface area contributed by atoms with Gasteiger partial charge in [-0.05, 0) is 31.9 Å². The quantitative estimate of drug-likeness (QED) is 0.394. The number of ether oxygens (including phenoxy) is 1. The normalized spacial score (nSPS) is 11.4. The van der Waals surface area contributed by atoms with Gasteiger partial charge in [-0.15, -0.1) is 0 Å². The van der Waals surface area contributed by atoms with Crippen molar-refractivity contribution in [3.05, 3.63) is 71.4 Å². The zero-order valence-corrected chi connectivity index (χ0v) is 18.6. The fourth-order valence-corrected chi connectivity index (χ4v) is 3.81. The van der Waals surface area contributed by atoms with Crippen molar-refractivity contribution in [3.63, 3.8) is 0 Å². The Hall–Kier alpha value is -3.26. The number of nitrogens with zero attached hydrogens (tertiary/aromatic N) is 2. The third-order valence-electron chi connectivity index (χ3n) is 4.48. The van der Waals surface area contributed by atoms with E-state index >= 15 is 0 Å². The molecule has 3 aromatic rings. The molecule has 0 aliphatic rings. The summed E-state index contributed by atoms with van der Waals surface area (Å²) < 4.78 is 36.0. The summed E-state index contributed by atoms with van der Waals surface area (Å²) in [5.41, 5.74) is 2.34. The molecule has 0 spiro atoms. The zero-order valence-electron chi connectivity index (χ0n) is 17.8. The third-order valence-corrected chi connectivity index (χ3v) is 5.70. The predicted molar refractivity (Wildman–Crippen MR) is 117 cm³/mol. The second-order valence-electron chi connectivity index (χ2n) is 7.21. The maximum absolute atomic E-state index is 12.8. The van der Waals surface area contributed by atoms with Gasteiger partial charge in [0.05, 0.1) is 18.0 Å². The van der Waals surface area contributed by atoms with Crippen LogP contribution in [0.2, 0.25) is 0 Å². The average Bonchev–Trinajstić information content (AvgIpc) is 2.74. The maximum Gasteiger partial charge on any atom is 0.342 e. The number of hydrogen-bond acceptors (Lipinski definition) is 7. The lowest BCUT2D eigenvalue weighted by molar-refractivity contribution is 0.0524. The number of carbonyl (C=O) groups is 1. The Morgan fingerprint density at radius 2 is 1.65 bits per heavy atom. The van der Waals surface area contributed by atoms with Crippen LogP contribution in [0.4, 0.5) is 0 Å². The van der Waals surface area contributed by atoms with E-state index in [0.29, 0.717) is 11.3 Å². The lowest BCUT2D eigenvalue weighted by Gasteiger charge is -2.16. The summed E-state index contributed by atoms with van der Waals surface area (Å²) in [6.45, 7) is 7.44. The minimum absolute atomic E-state index is 0.0106. The summed E-state index contributed by atoms with van der Waals surface area (Å²) in [5.74, 6) is -0.785. The number of carbonyl (C=O) groups excluding carboxylic acids is 1. The average molecular weight is 441 g/mol. The van der Waals surface area contributed by atoms with Gasteiger partial charge in [-0.1, -0.05) is 61.9 Å². The van der Waals surface area contributed by atoms with Gasteiger partial charge < -0.3 is 8.92 Å². The topological polar surface area (TPSA) is 95.5 Å². The van der Waals surface area contributed by atoms with Crippen LogP contribution in [0.5, 0.6) is 6.01 Å². The Morgan fingerprint density at radius 1 is 1.00 bits per heavy atom. The highest BCUT2D eigenvalue weighted by atomic mass is 32.2. The molecule has 1 aromatic heterocycles. The molecule has 0 atom stereocenters. The van der Waals surface area contributed by atoms with E-state index in [0.717, 1.165) is 5.56 Å². The lowest BCUT2D eigenvalue weighted by Crippen LogP contribution is -2.17. The monoisotopic (exact) mass is 440 g/mol. The summed E-state index contributed by atoms with van der Waals surface area (Å²) in [6.07, 6.45) is 0.